The number of rotatable bonds is 6. The molecule has 3 rings (SSSR count). The number of ether oxygens (including phenoxy) is 1. The van der Waals surface area contributed by atoms with Gasteiger partial charge in [-0.15, -0.1) is 21.5 Å². The van der Waals surface area contributed by atoms with Crippen LogP contribution in [0.25, 0.3) is 0 Å². The number of hydrogen-bond acceptors (Lipinski definition) is 7. The summed E-state index contributed by atoms with van der Waals surface area (Å²) in [5.41, 5.74) is 3.19. The van der Waals surface area contributed by atoms with E-state index in [-0.39, 0.29) is 12.0 Å². The predicted molar refractivity (Wildman–Crippen MR) is 109 cm³/mol. The molecule has 0 aliphatic carbocycles. The standard InChI is InChI=1S/C19H22N4O2S2/c1-10-7-6-8-15(11(10)2)25-13(4)18-22-23-19(27-18)21-17(24)9-16-12(3)20-14(5)26-16/h6-8,13H,9H2,1-5H3,(H,21,23,24). The summed E-state index contributed by atoms with van der Waals surface area (Å²) < 4.78 is 6.03. The van der Waals surface area contributed by atoms with Gasteiger partial charge >= 0.3 is 0 Å². The smallest absolute Gasteiger partial charge is 0.231 e. The minimum atomic E-state index is -0.250. The minimum Gasteiger partial charge on any atom is -0.483 e. The van der Waals surface area contributed by atoms with Gasteiger partial charge in [0, 0.05) is 4.88 Å². The summed E-state index contributed by atoms with van der Waals surface area (Å²) in [4.78, 5) is 17.6. The van der Waals surface area contributed by atoms with Gasteiger partial charge in [0.1, 0.15) is 11.9 Å². The molecule has 2 heterocycles. The summed E-state index contributed by atoms with van der Waals surface area (Å²) in [5.74, 6) is 0.715. The van der Waals surface area contributed by atoms with Crippen molar-refractivity contribution in [3.05, 3.63) is 49.9 Å². The lowest BCUT2D eigenvalue weighted by atomic mass is 10.1. The number of hydrogen-bond donors (Lipinski definition) is 1. The zero-order valence-electron chi connectivity index (χ0n) is 16.0. The first-order chi connectivity index (χ1) is 12.8. The van der Waals surface area contributed by atoms with Crippen LogP contribution in [0.4, 0.5) is 5.13 Å². The molecule has 0 bridgehead atoms. The van der Waals surface area contributed by atoms with E-state index in [9.17, 15) is 4.79 Å². The Kier molecular flexibility index (Phi) is 5.86. The van der Waals surface area contributed by atoms with Crippen molar-refractivity contribution in [2.45, 2.75) is 47.1 Å². The molecule has 0 saturated heterocycles. The summed E-state index contributed by atoms with van der Waals surface area (Å²) in [6.07, 6.45) is 0.0425. The number of anilines is 1. The van der Waals surface area contributed by atoms with Crippen molar-refractivity contribution in [2.75, 3.05) is 5.32 Å². The molecule has 27 heavy (non-hydrogen) atoms. The van der Waals surface area contributed by atoms with E-state index < -0.39 is 0 Å². The van der Waals surface area contributed by atoms with Crippen molar-refractivity contribution in [3.8, 4) is 5.75 Å². The Morgan fingerprint density at radius 3 is 2.67 bits per heavy atom. The van der Waals surface area contributed by atoms with Crippen molar-refractivity contribution < 1.29 is 9.53 Å². The molecular formula is C19H22N4O2S2. The Morgan fingerprint density at radius 2 is 1.96 bits per heavy atom. The van der Waals surface area contributed by atoms with E-state index in [1.165, 1.54) is 16.9 Å². The lowest BCUT2D eigenvalue weighted by Crippen LogP contribution is -2.14. The van der Waals surface area contributed by atoms with E-state index >= 15 is 0 Å². The maximum Gasteiger partial charge on any atom is 0.231 e. The van der Waals surface area contributed by atoms with Gasteiger partial charge in [0.05, 0.1) is 17.1 Å². The third-order valence-corrected chi connectivity index (χ3v) is 6.29. The second-order valence-electron chi connectivity index (χ2n) is 6.37. The monoisotopic (exact) mass is 402 g/mol. The van der Waals surface area contributed by atoms with Gasteiger partial charge in [-0.05, 0) is 51.8 Å². The van der Waals surface area contributed by atoms with Gasteiger partial charge in [-0.2, -0.15) is 0 Å². The highest BCUT2D eigenvalue weighted by atomic mass is 32.1. The summed E-state index contributed by atoms with van der Waals surface area (Å²) in [7, 11) is 0. The van der Waals surface area contributed by atoms with E-state index in [0.717, 1.165) is 31.9 Å². The number of carbonyl (C=O) groups excluding carboxylic acids is 1. The van der Waals surface area contributed by atoms with E-state index in [0.29, 0.717) is 11.6 Å². The van der Waals surface area contributed by atoms with Gasteiger partial charge in [-0.25, -0.2) is 4.98 Å². The summed E-state index contributed by atoms with van der Waals surface area (Å²) in [6.45, 7) is 9.87. The molecule has 0 saturated carbocycles. The zero-order chi connectivity index (χ0) is 19.6. The highest BCUT2D eigenvalue weighted by Crippen LogP contribution is 2.29. The fourth-order valence-corrected chi connectivity index (χ4v) is 4.26. The molecule has 0 radical (unpaired) electrons. The molecule has 1 N–H and O–H groups in total. The fraction of sp³-hybridized carbons (Fsp3) is 0.368. The van der Waals surface area contributed by atoms with E-state index in [1.807, 2.05) is 39.8 Å². The van der Waals surface area contributed by atoms with Gasteiger partial charge in [0.15, 0.2) is 5.01 Å². The van der Waals surface area contributed by atoms with Crippen LogP contribution in [0.5, 0.6) is 5.75 Å². The molecular weight excluding hydrogens is 380 g/mol. The number of carbonyl (C=O) groups is 1. The van der Waals surface area contributed by atoms with Crippen molar-refractivity contribution >= 4 is 33.7 Å². The Bertz CT molecular complexity index is 965. The number of thiazole rings is 1. The minimum absolute atomic E-state index is 0.118. The van der Waals surface area contributed by atoms with Crippen LogP contribution in [0.1, 0.15) is 44.7 Å². The van der Waals surface area contributed by atoms with Gasteiger partial charge in [-0.1, -0.05) is 23.5 Å². The molecule has 0 fully saturated rings. The SMILES string of the molecule is Cc1nc(C)c(CC(=O)Nc2nnc(C(C)Oc3cccc(C)c3C)s2)s1. The average Bonchev–Trinajstić information content (AvgIpc) is 3.18. The number of nitrogens with one attached hydrogen (secondary N) is 1. The normalized spacial score (nSPS) is 12.0. The van der Waals surface area contributed by atoms with E-state index in [2.05, 4.69) is 33.5 Å². The molecule has 6 nitrogen and oxygen atoms in total. The second kappa shape index (κ2) is 8.14. The molecule has 1 amide bonds. The average molecular weight is 403 g/mol. The van der Waals surface area contributed by atoms with Crippen LogP contribution in [-0.4, -0.2) is 21.1 Å². The Balaban J connectivity index is 1.63. The Labute approximate surface area is 166 Å². The molecule has 1 atom stereocenters. The number of aromatic nitrogens is 3. The Morgan fingerprint density at radius 1 is 1.19 bits per heavy atom. The first-order valence-corrected chi connectivity index (χ1v) is 10.3. The molecule has 0 aliphatic rings. The lowest BCUT2D eigenvalue weighted by Gasteiger charge is -2.14. The number of aryl methyl sites for hydroxylation is 3. The van der Waals surface area contributed by atoms with Crippen LogP contribution in [0.15, 0.2) is 18.2 Å². The van der Waals surface area contributed by atoms with Crippen molar-refractivity contribution in [3.63, 3.8) is 0 Å². The zero-order valence-corrected chi connectivity index (χ0v) is 17.6. The molecule has 1 unspecified atom stereocenters. The summed E-state index contributed by atoms with van der Waals surface area (Å²) in [6, 6.07) is 5.97. The fourth-order valence-electron chi connectivity index (χ4n) is 2.59. The van der Waals surface area contributed by atoms with Crippen molar-refractivity contribution in [2.24, 2.45) is 0 Å². The van der Waals surface area contributed by atoms with Crippen molar-refractivity contribution in [1.29, 1.82) is 0 Å². The van der Waals surface area contributed by atoms with Gasteiger partial charge < -0.3 is 10.1 Å². The predicted octanol–water partition coefficient (Wildman–Crippen LogP) is 4.55. The molecule has 8 heteroatoms. The summed E-state index contributed by atoms with van der Waals surface area (Å²) in [5, 5.41) is 13.2. The highest BCUT2D eigenvalue weighted by Gasteiger charge is 2.17. The molecule has 3 aromatic rings. The highest BCUT2D eigenvalue weighted by molar-refractivity contribution is 7.15. The third kappa shape index (κ3) is 4.70. The summed E-state index contributed by atoms with van der Waals surface area (Å²) >= 11 is 2.87. The molecule has 0 aliphatic heterocycles. The largest absolute Gasteiger partial charge is 0.483 e. The van der Waals surface area contributed by atoms with E-state index in [4.69, 9.17) is 4.74 Å². The van der Waals surface area contributed by atoms with Crippen LogP contribution in [0, 0.1) is 27.7 Å². The third-order valence-electron chi connectivity index (χ3n) is 4.21. The second-order valence-corrected chi connectivity index (χ2v) is 8.67. The van der Waals surface area contributed by atoms with Crippen LogP contribution in [0.3, 0.4) is 0 Å². The van der Waals surface area contributed by atoms with Crippen LogP contribution >= 0.6 is 22.7 Å². The topological polar surface area (TPSA) is 77.0 Å². The number of nitrogens with zero attached hydrogens (tertiary/aromatic N) is 3. The first-order valence-electron chi connectivity index (χ1n) is 8.62. The van der Waals surface area contributed by atoms with Gasteiger partial charge in [0.25, 0.3) is 0 Å². The molecule has 0 spiro atoms. The molecule has 1 aromatic carbocycles. The molecule has 2 aromatic heterocycles. The van der Waals surface area contributed by atoms with Crippen LogP contribution < -0.4 is 10.1 Å². The van der Waals surface area contributed by atoms with Gasteiger partial charge in [-0.3, -0.25) is 4.79 Å². The van der Waals surface area contributed by atoms with Crippen LogP contribution in [-0.2, 0) is 11.2 Å². The first kappa shape index (κ1) is 19.4. The quantitative estimate of drug-likeness (QED) is 0.654. The number of benzene rings is 1. The van der Waals surface area contributed by atoms with Crippen molar-refractivity contribution in [1.82, 2.24) is 15.2 Å². The number of amides is 1. The van der Waals surface area contributed by atoms with Gasteiger partial charge in [0.2, 0.25) is 11.0 Å². The van der Waals surface area contributed by atoms with Crippen LogP contribution in [0.2, 0.25) is 0 Å². The maximum absolute atomic E-state index is 12.3. The van der Waals surface area contributed by atoms with E-state index in [1.54, 1.807) is 11.3 Å². The lowest BCUT2D eigenvalue weighted by molar-refractivity contribution is -0.115. The Hall–Kier alpha value is -2.32. The maximum atomic E-state index is 12.3. The molecule has 142 valence electrons.